The molecule has 0 N–H and O–H groups in total. The second-order valence-corrected chi connectivity index (χ2v) is 7.23. The SMILES string of the molecule is CCCOc1ccc(-c2ccc(C#Cc3ccc4c(F)c(F)ccc4c3)c(F)c2)c(F)c1. The van der Waals surface area contributed by atoms with Crippen LogP contribution in [-0.4, -0.2) is 6.61 Å². The van der Waals surface area contributed by atoms with Gasteiger partial charge < -0.3 is 4.74 Å². The van der Waals surface area contributed by atoms with E-state index in [9.17, 15) is 17.6 Å². The van der Waals surface area contributed by atoms with Gasteiger partial charge in [-0.15, -0.1) is 0 Å². The number of benzene rings is 4. The van der Waals surface area contributed by atoms with Gasteiger partial charge in [0.15, 0.2) is 11.6 Å². The van der Waals surface area contributed by atoms with Crippen LogP contribution in [0.2, 0.25) is 0 Å². The van der Waals surface area contributed by atoms with E-state index in [2.05, 4.69) is 11.8 Å². The maximum atomic E-state index is 14.6. The zero-order valence-corrected chi connectivity index (χ0v) is 17.2. The Balaban J connectivity index is 1.59. The lowest BCUT2D eigenvalue weighted by Gasteiger charge is -2.08. The van der Waals surface area contributed by atoms with Crippen LogP contribution < -0.4 is 4.74 Å². The summed E-state index contributed by atoms with van der Waals surface area (Å²) in [5.74, 6) is 3.07. The third kappa shape index (κ3) is 4.45. The second kappa shape index (κ2) is 9.15. The maximum absolute atomic E-state index is 14.6. The first-order valence-electron chi connectivity index (χ1n) is 10.1. The van der Waals surface area contributed by atoms with E-state index in [0.29, 0.717) is 28.9 Å². The lowest BCUT2D eigenvalue weighted by Crippen LogP contribution is -1.96. The topological polar surface area (TPSA) is 9.23 Å². The van der Waals surface area contributed by atoms with Crippen LogP contribution in [0.1, 0.15) is 24.5 Å². The molecule has 0 aliphatic carbocycles. The van der Waals surface area contributed by atoms with Gasteiger partial charge in [-0.1, -0.05) is 37.0 Å². The van der Waals surface area contributed by atoms with Crippen LogP contribution in [0.15, 0.2) is 66.7 Å². The molecule has 0 aromatic heterocycles. The summed E-state index contributed by atoms with van der Waals surface area (Å²) < 4.78 is 61.7. The van der Waals surface area contributed by atoms with Crippen molar-refractivity contribution in [2.45, 2.75) is 13.3 Å². The molecule has 0 saturated carbocycles. The molecule has 5 heteroatoms. The Bertz CT molecular complexity index is 1370. The van der Waals surface area contributed by atoms with E-state index in [0.717, 1.165) is 12.5 Å². The van der Waals surface area contributed by atoms with E-state index in [1.54, 1.807) is 30.3 Å². The van der Waals surface area contributed by atoms with Gasteiger partial charge >= 0.3 is 0 Å². The fraction of sp³-hybridized carbons (Fsp3) is 0.111. The van der Waals surface area contributed by atoms with Crippen LogP contribution in [0.5, 0.6) is 5.75 Å². The molecule has 0 radical (unpaired) electrons. The van der Waals surface area contributed by atoms with Gasteiger partial charge in [-0.05, 0) is 59.8 Å². The van der Waals surface area contributed by atoms with Gasteiger partial charge in [0.2, 0.25) is 0 Å². The smallest absolute Gasteiger partial charge is 0.166 e. The molecular weight excluding hydrogens is 416 g/mol. The molecule has 0 aliphatic rings. The molecule has 4 rings (SSSR count). The van der Waals surface area contributed by atoms with Gasteiger partial charge in [-0.25, -0.2) is 17.6 Å². The van der Waals surface area contributed by atoms with Gasteiger partial charge in [-0.3, -0.25) is 0 Å². The van der Waals surface area contributed by atoms with Crippen LogP contribution in [0, 0.1) is 35.1 Å². The molecule has 0 saturated heterocycles. The highest BCUT2D eigenvalue weighted by atomic mass is 19.2. The molecule has 4 aromatic carbocycles. The van der Waals surface area contributed by atoms with Crippen molar-refractivity contribution in [3.63, 3.8) is 0 Å². The van der Waals surface area contributed by atoms with Crippen molar-refractivity contribution in [3.05, 3.63) is 101 Å². The first kappa shape index (κ1) is 21.5. The van der Waals surface area contributed by atoms with Crippen molar-refractivity contribution in [1.29, 1.82) is 0 Å². The minimum Gasteiger partial charge on any atom is -0.494 e. The van der Waals surface area contributed by atoms with E-state index in [1.165, 1.54) is 30.3 Å². The molecule has 1 nitrogen and oxygen atoms in total. The van der Waals surface area contributed by atoms with Gasteiger partial charge in [0.25, 0.3) is 0 Å². The number of fused-ring (bicyclic) bond motifs is 1. The highest BCUT2D eigenvalue weighted by molar-refractivity contribution is 5.84. The lowest BCUT2D eigenvalue weighted by atomic mass is 10.0. The highest BCUT2D eigenvalue weighted by Crippen LogP contribution is 2.28. The number of rotatable bonds is 4. The van der Waals surface area contributed by atoms with Crippen molar-refractivity contribution in [3.8, 4) is 28.7 Å². The summed E-state index contributed by atoms with van der Waals surface area (Å²) in [6, 6.07) is 15.9. The zero-order valence-electron chi connectivity index (χ0n) is 17.2. The Morgan fingerprint density at radius 2 is 1.59 bits per heavy atom. The van der Waals surface area contributed by atoms with Gasteiger partial charge in [0.1, 0.15) is 17.4 Å². The molecule has 4 aromatic rings. The Labute approximate surface area is 183 Å². The molecule has 0 unspecified atom stereocenters. The Hall–Kier alpha value is -3.78. The monoisotopic (exact) mass is 434 g/mol. The normalized spacial score (nSPS) is 10.7. The molecule has 0 bridgehead atoms. The fourth-order valence-electron chi connectivity index (χ4n) is 3.31. The van der Waals surface area contributed by atoms with E-state index < -0.39 is 23.3 Å². The Morgan fingerprint density at radius 3 is 2.34 bits per heavy atom. The third-order valence-corrected chi connectivity index (χ3v) is 4.94. The van der Waals surface area contributed by atoms with Crippen molar-refractivity contribution in [2.24, 2.45) is 0 Å². The van der Waals surface area contributed by atoms with Crippen LogP contribution in [-0.2, 0) is 0 Å². The fourth-order valence-corrected chi connectivity index (χ4v) is 3.31. The van der Waals surface area contributed by atoms with E-state index in [1.807, 2.05) is 6.92 Å². The lowest BCUT2D eigenvalue weighted by molar-refractivity contribution is 0.316. The minimum absolute atomic E-state index is 0.141. The standard InChI is InChI=1S/C27H18F4O/c1-2-13-32-21-9-11-22(26(30)16-21)20-7-6-18(25(29)15-20)5-3-17-4-10-23-19(14-17)8-12-24(28)27(23)31/h4,6-12,14-16H,2,13H2,1H3. The summed E-state index contributed by atoms with van der Waals surface area (Å²) in [4.78, 5) is 0. The van der Waals surface area contributed by atoms with Gasteiger partial charge in [0.05, 0.1) is 12.2 Å². The molecule has 0 atom stereocenters. The second-order valence-electron chi connectivity index (χ2n) is 7.23. The summed E-state index contributed by atoms with van der Waals surface area (Å²) in [6.45, 7) is 2.45. The summed E-state index contributed by atoms with van der Waals surface area (Å²) >= 11 is 0. The number of hydrogen-bond donors (Lipinski definition) is 0. The first-order valence-corrected chi connectivity index (χ1v) is 10.1. The van der Waals surface area contributed by atoms with E-state index >= 15 is 0 Å². The molecule has 0 amide bonds. The molecule has 0 heterocycles. The van der Waals surface area contributed by atoms with Gasteiger partial charge in [-0.2, -0.15) is 0 Å². The van der Waals surface area contributed by atoms with Crippen molar-refractivity contribution in [2.75, 3.05) is 6.61 Å². The van der Waals surface area contributed by atoms with E-state index in [4.69, 9.17) is 4.74 Å². The number of ether oxygens (including phenoxy) is 1. The molecular formula is C27H18F4O. The molecule has 160 valence electrons. The number of halogens is 4. The molecule has 0 fully saturated rings. The molecule has 0 aliphatic heterocycles. The predicted molar refractivity (Wildman–Crippen MR) is 117 cm³/mol. The average Bonchev–Trinajstić information content (AvgIpc) is 2.79. The Kier molecular flexibility index (Phi) is 6.13. The third-order valence-electron chi connectivity index (χ3n) is 4.94. The van der Waals surface area contributed by atoms with Crippen LogP contribution in [0.25, 0.3) is 21.9 Å². The van der Waals surface area contributed by atoms with Crippen LogP contribution in [0.4, 0.5) is 17.6 Å². The van der Waals surface area contributed by atoms with Gasteiger partial charge in [0, 0.05) is 22.6 Å². The summed E-state index contributed by atoms with van der Waals surface area (Å²) in [5.41, 5.74) is 1.31. The van der Waals surface area contributed by atoms with Crippen molar-refractivity contribution < 1.29 is 22.3 Å². The summed E-state index contributed by atoms with van der Waals surface area (Å²) in [7, 11) is 0. The van der Waals surface area contributed by atoms with Crippen molar-refractivity contribution >= 4 is 10.8 Å². The summed E-state index contributed by atoms with van der Waals surface area (Å²) in [6.07, 6.45) is 0.811. The average molecular weight is 434 g/mol. The largest absolute Gasteiger partial charge is 0.494 e. The quantitative estimate of drug-likeness (QED) is 0.243. The maximum Gasteiger partial charge on any atom is 0.166 e. The van der Waals surface area contributed by atoms with Crippen LogP contribution in [0.3, 0.4) is 0 Å². The minimum atomic E-state index is -0.918. The summed E-state index contributed by atoms with van der Waals surface area (Å²) in [5, 5.41) is 0.646. The highest BCUT2D eigenvalue weighted by Gasteiger charge is 2.10. The van der Waals surface area contributed by atoms with E-state index in [-0.39, 0.29) is 16.5 Å². The van der Waals surface area contributed by atoms with Crippen LogP contribution >= 0.6 is 0 Å². The molecule has 0 spiro atoms. The Morgan fingerprint density at radius 1 is 0.750 bits per heavy atom. The first-order chi connectivity index (χ1) is 15.5. The van der Waals surface area contributed by atoms with Crippen molar-refractivity contribution in [1.82, 2.24) is 0 Å². The zero-order chi connectivity index (χ0) is 22.7. The number of hydrogen-bond acceptors (Lipinski definition) is 1. The molecule has 32 heavy (non-hydrogen) atoms. The predicted octanol–water partition coefficient (Wildman–Crippen LogP) is 7.25.